The zero-order valence-corrected chi connectivity index (χ0v) is 16.9. The second-order valence-corrected chi connectivity index (χ2v) is 7.47. The van der Waals surface area contributed by atoms with Crippen LogP contribution in [0.3, 0.4) is 0 Å². The molecule has 1 N–H and O–H groups in total. The van der Waals surface area contributed by atoms with Crippen molar-refractivity contribution in [3.63, 3.8) is 0 Å². The number of likely N-dealkylation sites (N-methyl/N-ethyl adjacent to an activating group) is 1. The van der Waals surface area contributed by atoms with Crippen molar-refractivity contribution in [1.82, 2.24) is 10.2 Å². The van der Waals surface area contributed by atoms with Gasteiger partial charge in [-0.15, -0.1) is 0 Å². The minimum absolute atomic E-state index is 0.0122. The molecule has 2 amide bonds. The summed E-state index contributed by atoms with van der Waals surface area (Å²) in [6.07, 6.45) is 0.425. The van der Waals surface area contributed by atoms with Crippen LogP contribution in [-0.4, -0.2) is 35.1 Å². The summed E-state index contributed by atoms with van der Waals surface area (Å²) in [6, 6.07) is 19.6. The predicted octanol–water partition coefficient (Wildman–Crippen LogP) is 3.86. The fourth-order valence-electron chi connectivity index (χ4n) is 2.75. The van der Waals surface area contributed by atoms with E-state index in [1.54, 1.807) is 23.6 Å². The summed E-state index contributed by atoms with van der Waals surface area (Å²) in [4.78, 5) is 26.8. The number of hydrogen-bond donors (Lipinski definition) is 1. The third-order valence-corrected chi connectivity index (χ3v) is 5.32. The van der Waals surface area contributed by atoms with Crippen molar-refractivity contribution in [1.29, 1.82) is 0 Å². The number of amides is 2. The van der Waals surface area contributed by atoms with Gasteiger partial charge in [0, 0.05) is 31.0 Å². The topological polar surface area (TPSA) is 49.4 Å². The lowest BCUT2D eigenvalue weighted by Gasteiger charge is -2.28. The van der Waals surface area contributed by atoms with Crippen molar-refractivity contribution in [3.05, 3.63) is 71.8 Å². The van der Waals surface area contributed by atoms with E-state index < -0.39 is 6.04 Å². The number of rotatable bonds is 10. The quantitative estimate of drug-likeness (QED) is 0.633. The van der Waals surface area contributed by atoms with E-state index in [9.17, 15) is 9.59 Å². The van der Waals surface area contributed by atoms with Gasteiger partial charge in [-0.1, -0.05) is 60.7 Å². The van der Waals surface area contributed by atoms with Gasteiger partial charge in [0.2, 0.25) is 11.8 Å². The van der Waals surface area contributed by atoms with Gasteiger partial charge in [-0.3, -0.25) is 9.59 Å². The number of carbonyl (C=O) groups is 2. The van der Waals surface area contributed by atoms with Gasteiger partial charge in [-0.25, -0.2) is 0 Å². The van der Waals surface area contributed by atoms with Crippen molar-refractivity contribution < 1.29 is 9.59 Å². The maximum absolute atomic E-state index is 12.8. The summed E-state index contributed by atoms with van der Waals surface area (Å²) in [7, 11) is 0. The number of benzene rings is 2. The first kappa shape index (κ1) is 21.0. The van der Waals surface area contributed by atoms with E-state index in [1.807, 2.05) is 55.5 Å². The van der Waals surface area contributed by atoms with Crippen LogP contribution in [0.25, 0.3) is 0 Å². The molecule has 1 atom stereocenters. The molecule has 0 saturated heterocycles. The van der Waals surface area contributed by atoms with Crippen molar-refractivity contribution in [2.75, 3.05) is 12.3 Å². The third kappa shape index (κ3) is 7.10. The van der Waals surface area contributed by atoms with Crippen LogP contribution < -0.4 is 5.32 Å². The van der Waals surface area contributed by atoms with E-state index in [0.29, 0.717) is 19.5 Å². The fraction of sp³-hybridized carbons (Fsp3) is 0.364. The Labute approximate surface area is 166 Å². The molecule has 5 heteroatoms. The van der Waals surface area contributed by atoms with Gasteiger partial charge in [-0.2, -0.15) is 11.8 Å². The molecule has 4 nitrogen and oxygen atoms in total. The van der Waals surface area contributed by atoms with E-state index >= 15 is 0 Å². The van der Waals surface area contributed by atoms with Crippen LogP contribution in [0.5, 0.6) is 0 Å². The van der Waals surface area contributed by atoms with E-state index in [0.717, 1.165) is 17.1 Å². The van der Waals surface area contributed by atoms with Crippen molar-refractivity contribution in [3.8, 4) is 0 Å². The standard InChI is InChI=1S/C22H28N2O2S/c1-3-23-22(26)18(2)24(16-19-10-6-4-7-11-19)21(25)14-15-27-17-20-12-8-5-9-13-20/h4-13,18H,3,14-17H2,1-2H3,(H,23,26)/t18-/m1/s1. The molecule has 0 bridgehead atoms. The van der Waals surface area contributed by atoms with Gasteiger partial charge in [0.15, 0.2) is 0 Å². The highest BCUT2D eigenvalue weighted by atomic mass is 32.2. The smallest absolute Gasteiger partial charge is 0.242 e. The molecule has 0 aromatic heterocycles. The Morgan fingerprint density at radius 1 is 1.00 bits per heavy atom. The Bertz CT molecular complexity index is 707. The van der Waals surface area contributed by atoms with Gasteiger partial charge in [-0.05, 0) is 25.0 Å². The molecule has 0 radical (unpaired) electrons. The molecule has 0 saturated carbocycles. The first-order valence-corrected chi connectivity index (χ1v) is 10.5. The van der Waals surface area contributed by atoms with Crippen LogP contribution in [0.1, 0.15) is 31.4 Å². The largest absolute Gasteiger partial charge is 0.355 e. The molecule has 0 fully saturated rings. The number of carbonyl (C=O) groups excluding carboxylic acids is 2. The van der Waals surface area contributed by atoms with Crippen LogP contribution in [0.4, 0.5) is 0 Å². The number of nitrogens with one attached hydrogen (secondary N) is 1. The molecule has 0 spiro atoms. The number of hydrogen-bond acceptors (Lipinski definition) is 3. The Kier molecular flexibility index (Phi) is 8.92. The molecule has 2 rings (SSSR count). The lowest BCUT2D eigenvalue weighted by molar-refractivity contribution is -0.140. The van der Waals surface area contributed by atoms with E-state index in [-0.39, 0.29) is 11.8 Å². The molecule has 0 aliphatic rings. The second-order valence-electron chi connectivity index (χ2n) is 6.37. The Balaban J connectivity index is 1.94. The molecule has 2 aromatic rings. The zero-order chi connectivity index (χ0) is 19.5. The summed E-state index contributed by atoms with van der Waals surface area (Å²) in [5.41, 5.74) is 2.28. The number of thioether (sulfide) groups is 1. The van der Waals surface area contributed by atoms with Gasteiger partial charge < -0.3 is 10.2 Å². The van der Waals surface area contributed by atoms with Gasteiger partial charge in [0.1, 0.15) is 6.04 Å². The predicted molar refractivity (Wildman–Crippen MR) is 112 cm³/mol. The van der Waals surface area contributed by atoms with E-state index in [1.165, 1.54) is 5.56 Å². The molecule has 0 unspecified atom stereocenters. The average Bonchev–Trinajstić information content (AvgIpc) is 2.70. The highest BCUT2D eigenvalue weighted by molar-refractivity contribution is 7.98. The molecule has 27 heavy (non-hydrogen) atoms. The summed E-state index contributed by atoms with van der Waals surface area (Å²) in [6.45, 7) is 4.68. The average molecular weight is 385 g/mol. The van der Waals surface area contributed by atoms with Crippen LogP contribution in [0.2, 0.25) is 0 Å². The maximum Gasteiger partial charge on any atom is 0.242 e. The maximum atomic E-state index is 12.8. The first-order valence-electron chi connectivity index (χ1n) is 9.34. The SMILES string of the molecule is CCNC(=O)[C@@H](C)N(Cc1ccccc1)C(=O)CCSCc1ccccc1. The molecule has 0 aliphatic heterocycles. The lowest BCUT2D eigenvalue weighted by Crippen LogP contribution is -2.47. The Morgan fingerprint density at radius 3 is 2.19 bits per heavy atom. The second kappa shape index (κ2) is 11.4. The minimum atomic E-state index is -0.489. The van der Waals surface area contributed by atoms with E-state index in [4.69, 9.17) is 0 Å². The summed E-state index contributed by atoms with van der Waals surface area (Å²) >= 11 is 1.74. The monoisotopic (exact) mass is 384 g/mol. The highest BCUT2D eigenvalue weighted by Gasteiger charge is 2.25. The van der Waals surface area contributed by atoms with Crippen LogP contribution in [0, 0.1) is 0 Å². The summed E-state index contributed by atoms with van der Waals surface area (Å²) in [5.74, 6) is 1.52. The summed E-state index contributed by atoms with van der Waals surface area (Å²) in [5, 5.41) is 2.82. The molecule has 144 valence electrons. The van der Waals surface area contributed by atoms with Gasteiger partial charge in [0.05, 0.1) is 0 Å². The lowest BCUT2D eigenvalue weighted by atomic mass is 10.1. The van der Waals surface area contributed by atoms with Crippen molar-refractivity contribution in [2.45, 2.75) is 38.6 Å². The molecule has 2 aromatic carbocycles. The van der Waals surface area contributed by atoms with Crippen molar-refractivity contribution in [2.24, 2.45) is 0 Å². The molecular formula is C22H28N2O2S. The molecule has 0 heterocycles. The zero-order valence-electron chi connectivity index (χ0n) is 16.1. The Morgan fingerprint density at radius 2 is 1.59 bits per heavy atom. The number of nitrogens with zero attached hydrogens (tertiary/aromatic N) is 1. The highest BCUT2D eigenvalue weighted by Crippen LogP contribution is 2.16. The minimum Gasteiger partial charge on any atom is -0.355 e. The van der Waals surface area contributed by atoms with Crippen LogP contribution in [-0.2, 0) is 21.9 Å². The summed E-state index contributed by atoms with van der Waals surface area (Å²) < 4.78 is 0. The van der Waals surface area contributed by atoms with Gasteiger partial charge >= 0.3 is 0 Å². The van der Waals surface area contributed by atoms with Crippen molar-refractivity contribution >= 4 is 23.6 Å². The normalized spacial score (nSPS) is 11.6. The first-order chi connectivity index (χ1) is 13.1. The third-order valence-electron chi connectivity index (χ3n) is 4.29. The molecule has 0 aliphatic carbocycles. The van der Waals surface area contributed by atoms with E-state index in [2.05, 4.69) is 17.4 Å². The van der Waals surface area contributed by atoms with Gasteiger partial charge in [0.25, 0.3) is 0 Å². The Hall–Kier alpha value is -2.27. The van der Waals surface area contributed by atoms with Crippen LogP contribution in [0.15, 0.2) is 60.7 Å². The fourth-order valence-corrected chi connectivity index (χ4v) is 3.64. The molecular weight excluding hydrogens is 356 g/mol. The van der Waals surface area contributed by atoms with Crippen LogP contribution >= 0.6 is 11.8 Å².